The zero-order valence-corrected chi connectivity index (χ0v) is 22.6. The molecule has 2 nitrogen and oxygen atoms in total. The maximum absolute atomic E-state index is 10.6. The maximum atomic E-state index is 10.6. The second-order valence-corrected chi connectivity index (χ2v) is 10.3. The highest BCUT2D eigenvalue weighted by atomic mass is 79.9. The Morgan fingerprint density at radius 1 is 0.467 bits per heavy atom. The Morgan fingerprint density at radius 2 is 0.833 bits per heavy atom. The molecule has 1 rings (SSSR count). The molecule has 0 amide bonds. The number of phenolic OH excluding ortho intramolecular Hbond substituents is 2. The topological polar surface area (TPSA) is 40.5 Å². The predicted molar refractivity (Wildman–Crippen MR) is 138 cm³/mol. The molecule has 0 saturated heterocycles. The van der Waals surface area contributed by atoms with Gasteiger partial charge >= 0.3 is 0 Å². The van der Waals surface area contributed by atoms with E-state index < -0.39 is 0 Å². The van der Waals surface area contributed by atoms with Crippen molar-refractivity contribution >= 4 is 31.9 Å². The van der Waals surface area contributed by atoms with Gasteiger partial charge in [-0.3, -0.25) is 0 Å². The molecule has 0 unspecified atom stereocenters. The molecule has 0 aromatic heterocycles. The van der Waals surface area contributed by atoms with Gasteiger partial charge in [0.25, 0.3) is 0 Å². The van der Waals surface area contributed by atoms with Gasteiger partial charge in [-0.1, -0.05) is 104 Å². The Morgan fingerprint density at radius 3 is 1.27 bits per heavy atom. The van der Waals surface area contributed by atoms with Gasteiger partial charge in [0.2, 0.25) is 0 Å². The normalized spacial score (nSPS) is 11.3. The van der Waals surface area contributed by atoms with E-state index in [-0.39, 0.29) is 11.5 Å². The summed E-state index contributed by atoms with van der Waals surface area (Å²) in [5.41, 5.74) is 2.11. The molecule has 0 bridgehead atoms. The van der Waals surface area contributed by atoms with Crippen molar-refractivity contribution in [2.24, 2.45) is 0 Å². The first kappa shape index (κ1) is 27.8. The molecule has 174 valence electrons. The highest BCUT2D eigenvalue weighted by Crippen LogP contribution is 2.45. The number of hydrogen-bond donors (Lipinski definition) is 2. The van der Waals surface area contributed by atoms with E-state index in [9.17, 15) is 10.2 Å². The van der Waals surface area contributed by atoms with E-state index in [4.69, 9.17) is 0 Å². The molecule has 1 aromatic rings. The Kier molecular flexibility index (Phi) is 16.1. The number of unbranched alkanes of at least 4 members (excludes halogenated alkanes) is 14. The number of rotatable bonds is 18. The number of aromatic hydroxyl groups is 2. The number of halogens is 2. The van der Waals surface area contributed by atoms with Crippen LogP contribution in [0, 0.1) is 0 Å². The average molecular weight is 548 g/mol. The average Bonchev–Trinajstić information content (AvgIpc) is 2.75. The van der Waals surface area contributed by atoms with Gasteiger partial charge < -0.3 is 10.2 Å². The summed E-state index contributed by atoms with van der Waals surface area (Å²) in [6, 6.07) is 0. The molecule has 2 N–H and O–H groups in total. The van der Waals surface area contributed by atoms with Gasteiger partial charge in [0.15, 0.2) is 11.5 Å². The van der Waals surface area contributed by atoms with Crippen LogP contribution in [-0.4, -0.2) is 10.2 Å². The van der Waals surface area contributed by atoms with Crippen LogP contribution in [-0.2, 0) is 12.8 Å². The largest absolute Gasteiger partial charge is 0.504 e. The molecule has 0 saturated carbocycles. The smallest absolute Gasteiger partial charge is 0.173 e. The van der Waals surface area contributed by atoms with Crippen LogP contribution in [0.5, 0.6) is 11.5 Å². The molecule has 30 heavy (non-hydrogen) atoms. The van der Waals surface area contributed by atoms with Crippen LogP contribution in [0.25, 0.3) is 0 Å². The molecule has 0 radical (unpaired) electrons. The van der Waals surface area contributed by atoms with Gasteiger partial charge in [-0.15, -0.1) is 0 Å². The van der Waals surface area contributed by atoms with Crippen LogP contribution in [0.15, 0.2) is 8.95 Å². The van der Waals surface area contributed by atoms with E-state index in [1.807, 2.05) is 0 Å². The molecule has 0 fully saturated rings. The number of phenols is 2. The van der Waals surface area contributed by atoms with E-state index >= 15 is 0 Å². The predicted octanol–water partition coefficient (Wildman–Crippen LogP) is 9.99. The van der Waals surface area contributed by atoms with Crippen molar-refractivity contribution in [3.63, 3.8) is 0 Å². The summed E-state index contributed by atoms with van der Waals surface area (Å²) in [5.74, 6) is 0.0405. The summed E-state index contributed by atoms with van der Waals surface area (Å²) in [6.07, 6.45) is 22.3. The van der Waals surface area contributed by atoms with E-state index in [0.29, 0.717) is 4.47 Å². The highest BCUT2D eigenvalue weighted by Gasteiger charge is 2.20. The molecule has 0 aliphatic rings. The SMILES string of the molecule is CCCCCCCCCCc1c(O)c(O)c(Br)c(Br)c1CCCCCCCCCC. The summed E-state index contributed by atoms with van der Waals surface area (Å²) < 4.78 is 1.49. The lowest BCUT2D eigenvalue weighted by molar-refractivity contribution is 0.394. The van der Waals surface area contributed by atoms with Gasteiger partial charge in [0, 0.05) is 10.0 Å². The van der Waals surface area contributed by atoms with Crippen molar-refractivity contribution in [1.29, 1.82) is 0 Å². The second kappa shape index (κ2) is 17.3. The zero-order chi connectivity index (χ0) is 22.2. The Balaban J connectivity index is 2.52. The Bertz CT molecular complexity index is 536. The van der Waals surface area contributed by atoms with E-state index in [2.05, 4.69) is 45.7 Å². The third-order valence-electron chi connectivity index (χ3n) is 6.10. The van der Waals surface area contributed by atoms with Crippen LogP contribution in [0.3, 0.4) is 0 Å². The lowest BCUT2D eigenvalue weighted by Gasteiger charge is -2.17. The molecule has 0 aliphatic heterocycles. The van der Waals surface area contributed by atoms with Crippen LogP contribution < -0.4 is 0 Å². The van der Waals surface area contributed by atoms with Crippen molar-refractivity contribution < 1.29 is 10.2 Å². The maximum Gasteiger partial charge on any atom is 0.173 e. The molecule has 0 spiro atoms. The Hall–Kier alpha value is -0.220. The van der Waals surface area contributed by atoms with Gasteiger partial charge in [-0.05, 0) is 63.1 Å². The van der Waals surface area contributed by atoms with Gasteiger partial charge in [-0.25, -0.2) is 0 Å². The molecule has 0 heterocycles. The first-order valence-corrected chi connectivity index (χ1v) is 14.0. The molecular formula is C26H44Br2O2. The van der Waals surface area contributed by atoms with E-state index in [1.165, 1.54) is 95.5 Å². The lowest BCUT2D eigenvalue weighted by Crippen LogP contribution is -2.00. The van der Waals surface area contributed by atoms with E-state index in [1.54, 1.807) is 0 Å². The highest BCUT2D eigenvalue weighted by molar-refractivity contribution is 9.13. The number of hydrogen-bond acceptors (Lipinski definition) is 2. The fraction of sp³-hybridized carbons (Fsp3) is 0.769. The summed E-state index contributed by atoms with van der Waals surface area (Å²) in [4.78, 5) is 0. The minimum atomic E-state index is -0.0314. The first-order chi connectivity index (χ1) is 14.5. The van der Waals surface area contributed by atoms with Crippen LogP contribution >= 0.6 is 31.9 Å². The van der Waals surface area contributed by atoms with Crippen molar-refractivity contribution in [1.82, 2.24) is 0 Å². The summed E-state index contributed by atoms with van der Waals surface area (Å²) >= 11 is 7.11. The molecule has 0 atom stereocenters. The summed E-state index contributed by atoms with van der Waals surface area (Å²) in [5, 5.41) is 20.9. The summed E-state index contributed by atoms with van der Waals surface area (Å²) in [6.45, 7) is 4.51. The quantitative estimate of drug-likeness (QED) is 0.142. The third kappa shape index (κ3) is 10.4. The number of benzene rings is 1. The Labute approximate surface area is 202 Å². The van der Waals surface area contributed by atoms with Crippen molar-refractivity contribution in [2.45, 2.75) is 129 Å². The van der Waals surface area contributed by atoms with Crippen LogP contribution in [0.1, 0.15) is 128 Å². The second-order valence-electron chi connectivity index (χ2n) is 8.73. The molecule has 0 aliphatic carbocycles. The molecule has 1 aromatic carbocycles. The minimum Gasteiger partial charge on any atom is -0.504 e. The van der Waals surface area contributed by atoms with Crippen molar-refractivity contribution in [2.75, 3.05) is 0 Å². The zero-order valence-electron chi connectivity index (χ0n) is 19.4. The minimum absolute atomic E-state index is 0.0314. The van der Waals surface area contributed by atoms with Crippen LogP contribution in [0.4, 0.5) is 0 Å². The van der Waals surface area contributed by atoms with Gasteiger partial charge in [0.05, 0.1) is 4.47 Å². The molecular weight excluding hydrogens is 504 g/mol. The van der Waals surface area contributed by atoms with Gasteiger partial charge in [0.1, 0.15) is 0 Å². The fourth-order valence-corrected chi connectivity index (χ4v) is 5.21. The third-order valence-corrected chi connectivity index (χ3v) is 8.28. The molecule has 4 heteroatoms. The van der Waals surface area contributed by atoms with Crippen LogP contribution in [0.2, 0.25) is 0 Å². The lowest BCUT2D eigenvalue weighted by atomic mass is 9.95. The van der Waals surface area contributed by atoms with Crippen molar-refractivity contribution in [3.05, 3.63) is 20.1 Å². The fourth-order valence-electron chi connectivity index (χ4n) is 4.16. The van der Waals surface area contributed by atoms with Gasteiger partial charge in [-0.2, -0.15) is 0 Å². The monoisotopic (exact) mass is 546 g/mol. The first-order valence-electron chi connectivity index (χ1n) is 12.4. The van der Waals surface area contributed by atoms with Crippen molar-refractivity contribution in [3.8, 4) is 11.5 Å². The summed E-state index contributed by atoms with van der Waals surface area (Å²) in [7, 11) is 0. The standard InChI is InChI=1S/C26H44Br2O2/c1-3-5-7-9-11-13-15-17-19-21-22(25(29)26(30)24(28)23(21)27)20-18-16-14-12-10-8-6-4-2/h29-30H,3-20H2,1-2H3. The van der Waals surface area contributed by atoms with E-state index in [0.717, 1.165) is 35.7 Å².